The van der Waals surface area contributed by atoms with Crippen LogP contribution in [0.2, 0.25) is 0 Å². The molecule has 0 bridgehead atoms. The number of carbonyl (C=O) groups excluding carboxylic acids is 8. The fourth-order valence-electron chi connectivity index (χ4n) is 11.5. The molecular weight excluding hydrogens is 1240 g/mol. The van der Waals surface area contributed by atoms with Crippen molar-refractivity contribution in [1.29, 1.82) is 0 Å². The molecule has 5 atom stereocenters. The van der Waals surface area contributed by atoms with Gasteiger partial charge in [-0.1, -0.05) is 176 Å². The summed E-state index contributed by atoms with van der Waals surface area (Å²) in [5.74, 6) is -4.51. The summed E-state index contributed by atoms with van der Waals surface area (Å²) in [4.78, 5) is 115. The Balaban J connectivity index is 1.13. The average molecular weight is 1340 g/mol. The number of sulfonamides is 1. The molecule has 0 saturated heterocycles. The van der Waals surface area contributed by atoms with Gasteiger partial charge in [0.05, 0.1) is 11.8 Å². The standard InChI is InChI=1S/C74H98N8O13S/c1-47(2)60(81(15)67(87)61(71(4,5)6)79-66(86)62(82(16)70(90)95-73(10,11)12)74(13,14)51-31-21-18-22-32-51)43-48(3)63(83)80-96(91,92)46-50-38-40-52(41-39-50)76-64(84)58(37-27-28-42-75-68(88)94-72(7,8)9)77-65(85)59(44-49-29-19-17-20-30-49)78-69(89)93-45-57-55-35-25-23-33-53(55)54-34-24-26-36-56(54)57/h17-26,29-36,38-41,43,47,57-62H,27-28,37,42,44-46H2,1-16H3,(H,75,88)(H,76,84)(H,77,85)(H,78,89)(H,79,86)(H,80,83)/b48-43+/t58-,59-,60+,61+,62+/m0/s1. The van der Waals surface area contributed by atoms with Gasteiger partial charge < -0.3 is 45.7 Å². The van der Waals surface area contributed by atoms with Crippen molar-refractivity contribution in [2.24, 2.45) is 11.3 Å². The molecule has 0 fully saturated rings. The van der Waals surface area contributed by atoms with Crippen LogP contribution in [0.3, 0.4) is 0 Å². The lowest BCUT2D eigenvalue weighted by Gasteiger charge is -2.42. The number of amides is 8. The zero-order chi connectivity index (χ0) is 71.1. The third-order valence-electron chi connectivity index (χ3n) is 16.5. The maximum Gasteiger partial charge on any atom is 0.410 e. The van der Waals surface area contributed by atoms with E-state index in [4.69, 9.17) is 14.2 Å². The molecule has 22 heteroatoms. The van der Waals surface area contributed by atoms with Crippen LogP contribution >= 0.6 is 0 Å². The van der Waals surface area contributed by atoms with Crippen molar-refractivity contribution in [3.8, 4) is 11.1 Å². The highest BCUT2D eigenvalue weighted by Gasteiger charge is 2.46. The van der Waals surface area contributed by atoms with Crippen LogP contribution in [-0.2, 0) is 65.8 Å². The Morgan fingerprint density at radius 2 is 1.15 bits per heavy atom. The van der Waals surface area contributed by atoms with E-state index in [0.29, 0.717) is 12.8 Å². The molecule has 0 radical (unpaired) electrons. The van der Waals surface area contributed by atoms with Crippen molar-refractivity contribution in [3.63, 3.8) is 0 Å². The second kappa shape index (κ2) is 32.6. The molecule has 1 aliphatic rings. The minimum Gasteiger partial charge on any atom is -0.449 e. The van der Waals surface area contributed by atoms with E-state index < -0.39 is 116 Å². The number of carbonyl (C=O) groups is 8. The molecule has 5 aromatic carbocycles. The number of ether oxygens (including phenoxy) is 3. The first-order valence-corrected chi connectivity index (χ1v) is 34.1. The Hall–Kier alpha value is -9.05. The van der Waals surface area contributed by atoms with Crippen LogP contribution in [0.25, 0.3) is 11.1 Å². The number of nitrogens with zero attached hydrogens (tertiary/aromatic N) is 2. The number of likely N-dealkylation sites (N-methyl/N-ethyl adjacent to an activating group) is 2. The molecule has 1 aliphatic carbocycles. The first kappa shape index (κ1) is 76.0. The van der Waals surface area contributed by atoms with Crippen molar-refractivity contribution in [2.75, 3.05) is 32.6 Å². The summed E-state index contributed by atoms with van der Waals surface area (Å²) in [5.41, 5.74) is 2.68. The van der Waals surface area contributed by atoms with Gasteiger partial charge in [-0.25, -0.2) is 27.5 Å². The van der Waals surface area contributed by atoms with Gasteiger partial charge in [0.15, 0.2) is 0 Å². The van der Waals surface area contributed by atoms with Gasteiger partial charge in [0.1, 0.15) is 42.0 Å². The topological polar surface area (TPSA) is 277 Å². The van der Waals surface area contributed by atoms with Crippen LogP contribution in [-0.4, -0.2) is 135 Å². The summed E-state index contributed by atoms with van der Waals surface area (Å²) in [6, 6.07) is 34.6. The number of benzene rings is 5. The highest BCUT2D eigenvalue weighted by Crippen LogP contribution is 2.44. The van der Waals surface area contributed by atoms with Crippen LogP contribution in [0, 0.1) is 11.3 Å². The summed E-state index contributed by atoms with van der Waals surface area (Å²) in [6.07, 6.45) is 0.252. The monoisotopic (exact) mass is 1340 g/mol. The largest absolute Gasteiger partial charge is 0.449 e. The molecule has 21 nitrogen and oxygen atoms in total. The SMILES string of the molecule is C/C(=C\[C@H](C(C)C)N(C)C(=O)[C@@H](NC(=O)[C@@H](N(C)C(=O)OC(C)(C)C)C(C)(C)c1ccccc1)C(C)(C)C)C(=O)NS(=O)(=O)Cc1ccc(NC(=O)[C@H](CCCCNC(=O)OC(C)(C)C)NC(=O)[C@H](Cc2ccccc2)NC(=O)OCC2c3ccccc3-c3ccccc32)cc1. The van der Waals surface area contributed by atoms with Crippen LogP contribution in [0.5, 0.6) is 0 Å². The number of unbranched alkanes of at least 4 members (excludes halogenated alkanes) is 1. The van der Waals surface area contributed by atoms with E-state index in [1.54, 1.807) is 81.5 Å². The van der Waals surface area contributed by atoms with E-state index in [2.05, 4.69) is 31.3 Å². The maximum atomic E-state index is 14.8. The normalized spacial score (nSPS) is 14.2. The number of rotatable bonds is 27. The second-order valence-electron chi connectivity index (χ2n) is 28.5. The van der Waals surface area contributed by atoms with Gasteiger partial charge in [-0.15, -0.1) is 0 Å². The van der Waals surface area contributed by atoms with Crippen LogP contribution in [0.4, 0.5) is 20.1 Å². The maximum absolute atomic E-state index is 14.8. The Labute approximate surface area is 566 Å². The highest BCUT2D eigenvalue weighted by molar-refractivity contribution is 7.89. The third kappa shape index (κ3) is 21.7. The lowest BCUT2D eigenvalue weighted by atomic mass is 9.76. The van der Waals surface area contributed by atoms with Gasteiger partial charge in [-0.2, -0.15) is 0 Å². The van der Waals surface area contributed by atoms with Crippen LogP contribution in [0.15, 0.2) is 145 Å². The smallest absolute Gasteiger partial charge is 0.410 e. The Morgan fingerprint density at radius 1 is 0.594 bits per heavy atom. The molecule has 0 spiro atoms. The van der Waals surface area contributed by atoms with Crippen LogP contribution in [0.1, 0.15) is 150 Å². The van der Waals surface area contributed by atoms with Crippen molar-refractivity contribution in [2.45, 2.75) is 181 Å². The molecule has 96 heavy (non-hydrogen) atoms. The minimum absolute atomic E-state index is 0.00157. The highest BCUT2D eigenvalue weighted by atomic mass is 32.2. The summed E-state index contributed by atoms with van der Waals surface area (Å²) in [6.45, 7) is 24.8. The minimum atomic E-state index is -4.36. The van der Waals surface area contributed by atoms with Gasteiger partial charge in [-0.3, -0.25) is 28.9 Å². The van der Waals surface area contributed by atoms with E-state index in [0.717, 1.165) is 33.4 Å². The van der Waals surface area contributed by atoms with E-state index in [1.807, 2.05) is 125 Å². The molecule has 8 amide bonds. The Kier molecular flexibility index (Phi) is 25.8. The number of anilines is 1. The first-order valence-electron chi connectivity index (χ1n) is 32.5. The predicted octanol–water partition coefficient (Wildman–Crippen LogP) is 11.1. The summed E-state index contributed by atoms with van der Waals surface area (Å²) in [5, 5.41) is 14.1. The fourth-order valence-corrected chi connectivity index (χ4v) is 12.7. The van der Waals surface area contributed by atoms with Gasteiger partial charge >= 0.3 is 18.3 Å². The van der Waals surface area contributed by atoms with Crippen molar-refractivity contribution in [1.82, 2.24) is 35.8 Å². The van der Waals surface area contributed by atoms with E-state index >= 15 is 0 Å². The van der Waals surface area contributed by atoms with E-state index in [9.17, 15) is 46.8 Å². The summed E-state index contributed by atoms with van der Waals surface area (Å²) >= 11 is 0. The molecule has 5 aromatic rings. The average Bonchev–Trinajstić information content (AvgIpc) is 1.71. The van der Waals surface area contributed by atoms with Crippen molar-refractivity contribution < 1.29 is 61.0 Å². The quantitative estimate of drug-likeness (QED) is 0.0162. The number of fused-ring (bicyclic) bond motifs is 3. The van der Waals surface area contributed by atoms with Crippen molar-refractivity contribution in [3.05, 3.63) is 173 Å². The number of hydrogen-bond acceptors (Lipinski definition) is 13. The molecule has 0 saturated carbocycles. The second-order valence-corrected chi connectivity index (χ2v) is 30.2. The molecule has 6 N–H and O–H groups in total. The molecule has 0 aliphatic heterocycles. The number of nitrogens with one attached hydrogen (secondary N) is 6. The molecule has 0 unspecified atom stereocenters. The zero-order valence-corrected chi connectivity index (χ0v) is 59.2. The molecular formula is C74H98N8O13S. The van der Waals surface area contributed by atoms with Gasteiger partial charge in [0.25, 0.3) is 5.91 Å². The van der Waals surface area contributed by atoms with Gasteiger partial charge in [0.2, 0.25) is 33.7 Å². The zero-order valence-electron chi connectivity index (χ0n) is 58.4. The van der Waals surface area contributed by atoms with Gasteiger partial charge in [0, 0.05) is 49.7 Å². The van der Waals surface area contributed by atoms with Crippen LogP contribution < -0.4 is 31.3 Å². The lowest BCUT2D eigenvalue weighted by molar-refractivity contribution is -0.141. The molecule has 6 rings (SSSR count). The summed E-state index contributed by atoms with van der Waals surface area (Å²) in [7, 11) is -1.33. The Morgan fingerprint density at radius 3 is 1.70 bits per heavy atom. The van der Waals surface area contributed by atoms with Gasteiger partial charge in [-0.05, 0) is 130 Å². The predicted molar refractivity (Wildman–Crippen MR) is 372 cm³/mol. The number of hydrogen-bond donors (Lipinski definition) is 6. The number of alkyl carbamates (subject to hydrolysis) is 2. The molecule has 518 valence electrons. The summed E-state index contributed by atoms with van der Waals surface area (Å²) < 4.78 is 46.5. The molecule has 0 aromatic heterocycles. The Bertz CT molecular complexity index is 3640. The lowest BCUT2D eigenvalue weighted by Crippen LogP contribution is -2.63. The molecule has 0 heterocycles. The third-order valence-corrected chi connectivity index (χ3v) is 17.7. The first-order chi connectivity index (χ1) is 44.8. The van der Waals surface area contributed by atoms with E-state index in [-0.39, 0.29) is 54.7 Å². The van der Waals surface area contributed by atoms with E-state index in [1.165, 1.54) is 54.1 Å². The van der Waals surface area contributed by atoms with Crippen molar-refractivity contribution >= 4 is 63.5 Å². The fraction of sp³-hybridized carbons (Fsp3) is 0.459.